The standard InChI is InChI=1S/C19H30N4O2/c1-20-19(22(2)14-16-7-10-25-15-16)21-13-17-5-3-4-6-18(17)23-8-11-24-12-9-23/h3-6,16H,7-15H2,1-2H3,(H,20,21). The molecule has 0 spiro atoms. The van der Waals surface area contributed by atoms with Gasteiger partial charge >= 0.3 is 0 Å². The van der Waals surface area contributed by atoms with E-state index in [1.54, 1.807) is 0 Å². The quantitative estimate of drug-likeness (QED) is 0.648. The molecule has 2 saturated heterocycles. The van der Waals surface area contributed by atoms with E-state index in [0.717, 1.165) is 65.0 Å². The van der Waals surface area contributed by atoms with Crippen LogP contribution in [-0.2, 0) is 16.0 Å². The zero-order valence-corrected chi connectivity index (χ0v) is 15.4. The van der Waals surface area contributed by atoms with Crippen molar-refractivity contribution in [2.45, 2.75) is 13.0 Å². The first-order valence-electron chi connectivity index (χ1n) is 9.18. The Morgan fingerprint density at radius 2 is 2.04 bits per heavy atom. The molecule has 1 unspecified atom stereocenters. The first-order valence-corrected chi connectivity index (χ1v) is 9.18. The molecule has 0 saturated carbocycles. The predicted molar refractivity (Wildman–Crippen MR) is 101 cm³/mol. The van der Waals surface area contributed by atoms with Gasteiger partial charge in [-0.2, -0.15) is 0 Å². The van der Waals surface area contributed by atoms with Crippen molar-refractivity contribution in [1.29, 1.82) is 0 Å². The van der Waals surface area contributed by atoms with E-state index in [9.17, 15) is 0 Å². The second-order valence-corrected chi connectivity index (χ2v) is 6.74. The Morgan fingerprint density at radius 1 is 1.24 bits per heavy atom. The largest absolute Gasteiger partial charge is 0.381 e. The van der Waals surface area contributed by atoms with Crippen molar-refractivity contribution < 1.29 is 9.47 Å². The fourth-order valence-electron chi connectivity index (χ4n) is 3.53. The van der Waals surface area contributed by atoms with Gasteiger partial charge in [0.2, 0.25) is 0 Å². The van der Waals surface area contributed by atoms with Gasteiger partial charge in [0.15, 0.2) is 5.96 Å². The van der Waals surface area contributed by atoms with E-state index < -0.39 is 0 Å². The first-order chi connectivity index (χ1) is 12.3. The lowest BCUT2D eigenvalue weighted by atomic mass is 10.1. The molecule has 0 aromatic heterocycles. The van der Waals surface area contributed by atoms with Crippen LogP contribution in [0.1, 0.15) is 12.0 Å². The molecule has 2 aliphatic heterocycles. The molecule has 25 heavy (non-hydrogen) atoms. The summed E-state index contributed by atoms with van der Waals surface area (Å²) in [5.74, 6) is 1.54. The summed E-state index contributed by atoms with van der Waals surface area (Å²) >= 11 is 0. The van der Waals surface area contributed by atoms with Crippen molar-refractivity contribution in [3.8, 4) is 0 Å². The van der Waals surface area contributed by atoms with Crippen LogP contribution in [0.15, 0.2) is 29.3 Å². The third-order valence-electron chi connectivity index (χ3n) is 4.91. The maximum Gasteiger partial charge on any atom is 0.193 e. The van der Waals surface area contributed by atoms with E-state index in [1.165, 1.54) is 11.3 Å². The number of nitrogens with zero attached hydrogens (tertiary/aromatic N) is 3. The zero-order chi connectivity index (χ0) is 17.5. The maximum atomic E-state index is 5.48. The van der Waals surface area contributed by atoms with Gasteiger partial charge in [0.1, 0.15) is 0 Å². The van der Waals surface area contributed by atoms with Crippen LogP contribution in [0.2, 0.25) is 0 Å². The number of aliphatic imine (C=N–C) groups is 1. The van der Waals surface area contributed by atoms with Crippen molar-refractivity contribution in [3.63, 3.8) is 0 Å². The summed E-state index contributed by atoms with van der Waals surface area (Å²) in [5, 5.41) is 3.52. The molecule has 0 amide bonds. The highest BCUT2D eigenvalue weighted by Gasteiger charge is 2.19. The minimum Gasteiger partial charge on any atom is -0.381 e. The monoisotopic (exact) mass is 346 g/mol. The molecule has 2 fully saturated rings. The minimum absolute atomic E-state index is 0.601. The van der Waals surface area contributed by atoms with E-state index in [-0.39, 0.29) is 0 Å². The lowest BCUT2D eigenvalue weighted by Crippen LogP contribution is -2.41. The van der Waals surface area contributed by atoms with Crippen LogP contribution < -0.4 is 10.2 Å². The fourth-order valence-corrected chi connectivity index (χ4v) is 3.53. The Hall–Kier alpha value is -1.79. The average Bonchev–Trinajstić information content (AvgIpc) is 3.16. The van der Waals surface area contributed by atoms with Gasteiger partial charge in [-0.1, -0.05) is 18.2 Å². The van der Waals surface area contributed by atoms with Crippen LogP contribution in [0.25, 0.3) is 0 Å². The average molecular weight is 346 g/mol. The molecule has 6 nitrogen and oxygen atoms in total. The van der Waals surface area contributed by atoms with Gasteiger partial charge in [-0.25, -0.2) is 0 Å². The van der Waals surface area contributed by atoms with Crippen LogP contribution in [0.5, 0.6) is 0 Å². The van der Waals surface area contributed by atoms with Crippen molar-refractivity contribution >= 4 is 11.6 Å². The highest BCUT2D eigenvalue weighted by molar-refractivity contribution is 5.79. The van der Waals surface area contributed by atoms with Crippen molar-refractivity contribution in [2.24, 2.45) is 10.9 Å². The van der Waals surface area contributed by atoms with Gasteiger partial charge in [-0.15, -0.1) is 0 Å². The summed E-state index contributed by atoms with van der Waals surface area (Å²) < 4.78 is 11.0. The summed E-state index contributed by atoms with van der Waals surface area (Å²) in [6, 6.07) is 8.60. The first kappa shape index (κ1) is 18.0. The fraction of sp³-hybridized carbons (Fsp3) is 0.632. The van der Waals surface area contributed by atoms with Gasteiger partial charge in [0.25, 0.3) is 0 Å². The Morgan fingerprint density at radius 3 is 2.76 bits per heavy atom. The number of hydrogen-bond acceptors (Lipinski definition) is 4. The van der Waals surface area contributed by atoms with E-state index >= 15 is 0 Å². The summed E-state index contributed by atoms with van der Waals surface area (Å²) in [7, 11) is 3.94. The molecule has 6 heteroatoms. The van der Waals surface area contributed by atoms with E-state index in [4.69, 9.17) is 9.47 Å². The second-order valence-electron chi connectivity index (χ2n) is 6.74. The Kier molecular flexibility index (Phi) is 6.53. The third-order valence-corrected chi connectivity index (χ3v) is 4.91. The Labute approximate surface area is 150 Å². The van der Waals surface area contributed by atoms with Crippen molar-refractivity contribution in [3.05, 3.63) is 29.8 Å². The van der Waals surface area contributed by atoms with Crippen molar-refractivity contribution in [2.75, 3.05) is 65.1 Å². The number of morpholine rings is 1. The molecular formula is C19H30N4O2. The number of anilines is 1. The molecule has 1 aromatic carbocycles. The van der Waals surface area contributed by atoms with Crippen LogP contribution in [-0.4, -0.2) is 71.0 Å². The molecule has 1 atom stereocenters. The number of hydrogen-bond donors (Lipinski definition) is 1. The summed E-state index contributed by atoms with van der Waals surface area (Å²) in [5.41, 5.74) is 2.59. The Bertz CT molecular complexity index is 566. The third kappa shape index (κ3) is 4.86. The summed E-state index contributed by atoms with van der Waals surface area (Å²) in [6.07, 6.45) is 1.14. The van der Waals surface area contributed by atoms with Crippen LogP contribution in [0.4, 0.5) is 5.69 Å². The van der Waals surface area contributed by atoms with Gasteiger partial charge in [0, 0.05) is 58.5 Å². The van der Waals surface area contributed by atoms with E-state index in [2.05, 4.69) is 51.4 Å². The van der Waals surface area contributed by atoms with Crippen LogP contribution >= 0.6 is 0 Å². The number of guanidine groups is 1. The van der Waals surface area contributed by atoms with Crippen LogP contribution in [0.3, 0.4) is 0 Å². The van der Waals surface area contributed by atoms with Gasteiger partial charge in [-0.3, -0.25) is 4.99 Å². The molecule has 2 heterocycles. The van der Waals surface area contributed by atoms with Crippen molar-refractivity contribution in [1.82, 2.24) is 10.2 Å². The molecule has 0 bridgehead atoms. The van der Waals surface area contributed by atoms with Crippen LogP contribution in [0, 0.1) is 5.92 Å². The molecule has 2 aliphatic rings. The number of nitrogens with one attached hydrogen (secondary N) is 1. The maximum absolute atomic E-state index is 5.48. The molecule has 138 valence electrons. The molecule has 0 aliphatic carbocycles. The van der Waals surface area contributed by atoms with Gasteiger partial charge in [-0.05, 0) is 18.1 Å². The smallest absolute Gasteiger partial charge is 0.193 e. The molecular weight excluding hydrogens is 316 g/mol. The van der Waals surface area contributed by atoms with Gasteiger partial charge < -0.3 is 24.6 Å². The SMILES string of the molecule is CN=C(NCc1ccccc1N1CCOCC1)N(C)CC1CCOC1. The minimum atomic E-state index is 0.601. The highest BCUT2D eigenvalue weighted by atomic mass is 16.5. The normalized spacial score (nSPS) is 21.4. The predicted octanol–water partition coefficient (Wildman–Crippen LogP) is 1.57. The van der Waals surface area contributed by atoms with Gasteiger partial charge in [0.05, 0.1) is 19.8 Å². The van der Waals surface area contributed by atoms with E-state index in [0.29, 0.717) is 5.92 Å². The number of ether oxygens (including phenoxy) is 2. The molecule has 0 radical (unpaired) electrons. The zero-order valence-electron chi connectivity index (χ0n) is 15.4. The lowest BCUT2D eigenvalue weighted by molar-refractivity contribution is 0.122. The van der Waals surface area contributed by atoms with E-state index in [1.807, 2.05) is 7.05 Å². The Balaban J connectivity index is 1.59. The second kappa shape index (κ2) is 9.06. The number of rotatable bonds is 5. The molecule has 3 rings (SSSR count). The highest BCUT2D eigenvalue weighted by Crippen LogP contribution is 2.21. The molecule has 1 N–H and O–H groups in total. The lowest BCUT2D eigenvalue weighted by Gasteiger charge is -2.31. The number of para-hydroxylation sites is 1. The molecule has 1 aromatic rings. The topological polar surface area (TPSA) is 49.3 Å². The number of benzene rings is 1. The summed E-state index contributed by atoms with van der Waals surface area (Å²) in [6.45, 7) is 7.00. The summed E-state index contributed by atoms with van der Waals surface area (Å²) in [4.78, 5) is 9.05.